The number of aromatic nitrogens is 1. The predicted octanol–water partition coefficient (Wildman–Crippen LogP) is 4.43. The van der Waals surface area contributed by atoms with Gasteiger partial charge in [-0.25, -0.2) is 14.6 Å². The molecule has 0 unspecified atom stereocenters. The number of carbonyl (C=O) groups excluding carboxylic acids is 3. The quantitative estimate of drug-likeness (QED) is 0.307. The highest BCUT2D eigenvalue weighted by Gasteiger charge is 2.18. The molecule has 0 saturated carbocycles. The number of esters is 2. The summed E-state index contributed by atoms with van der Waals surface area (Å²) < 4.78 is 20.9. The highest BCUT2D eigenvalue weighted by atomic mass is 16.6. The molecule has 0 radical (unpaired) electrons. The molecule has 180 valence electrons. The standard InChI is InChI=1S/C23H36N2O7/c1-5-7-8-9-10-11-13-30-22(27)18-14-19(31-17(3)4)21(24-15-18)32-23(28)25-16-20(26)29-12-6-2/h14-15,17H,5-13,16H2,1-4H3,(H,25,28). The lowest BCUT2D eigenvalue weighted by molar-refractivity contribution is -0.142. The number of pyridine rings is 1. The van der Waals surface area contributed by atoms with Crippen LogP contribution in [0.5, 0.6) is 11.6 Å². The summed E-state index contributed by atoms with van der Waals surface area (Å²) in [5.74, 6) is -1.09. The van der Waals surface area contributed by atoms with Gasteiger partial charge >= 0.3 is 18.0 Å². The number of hydrogen-bond donors (Lipinski definition) is 1. The Labute approximate surface area is 190 Å². The molecule has 1 amide bonds. The Morgan fingerprint density at radius 2 is 1.69 bits per heavy atom. The van der Waals surface area contributed by atoms with Crippen molar-refractivity contribution in [1.29, 1.82) is 0 Å². The zero-order valence-corrected chi connectivity index (χ0v) is 19.6. The Kier molecular flexibility index (Phi) is 13.5. The second kappa shape index (κ2) is 15.9. The molecule has 9 nitrogen and oxygen atoms in total. The molecular weight excluding hydrogens is 416 g/mol. The minimum absolute atomic E-state index is 0.120. The number of amides is 1. The first-order valence-corrected chi connectivity index (χ1v) is 11.3. The summed E-state index contributed by atoms with van der Waals surface area (Å²) in [7, 11) is 0. The van der Waals surface area contributed by atoms with Gasteiger partial charge in [0, 0.05) is 12.3 Å². The summed E-state index contributed by atoms with van der Waals surface area (Å²) in [5, 5.41) is 2.29. The molecule has 1 rings (SSSR count). The van der Waals surface area contributed by atoms with Gasteiger partial charge in [-0.05, 0) is 26.7 Å². The van der Waals surface area contributed by atoms with E-state index in [2.05, 4.69) is 17.2 Å². The van der Waals surface area contributed by atoms with Crippen LogP contribution in [0.15, 0.2) is 12.3 Å². The monoisotopic (exact) mass is 452 g/mol. The maximum absolute atomic E-state index is 12.3. The van der Waals surface area contributed by atoms with Gasteiger partial charge in [-0.15, -0.1) is 0 Å². The predicted molar refractivity (Wildman–Crippen MR) is 119 cm³/mol. The highest BCUT2D eigenvalue weighted by molar-refractivity contribution is 5.89. The van der Waals surface area contributed by atoms with Crippen LogP contribution in [0, 0.1) is 0 Å². The molecule has 0 aliphatic rings. The Hall–Kier alpha value is -2.84. The molecule has 0 aliphatic heterocycles. The van der Waals surface area contributed by atoms with Gasteiger partial charge in [0.25, 0.3) is 5.88 Å². The Morgan fingerprint density at radius 1 is 0.969 bits per heavy atom. The second-order valence-electron chi connectivity index (χ2n) is 7.56. The maximum Gasteiger partial charge on any atom is 0.414 e. The molecular formula is C23H36N2O7. The molecule has 1 aromatic heterocycles. The smallest absolute Gasteiger partial charge is 0.414 e. The third kappa shape index (κ3) is 11.5. The number of nitrogens with one attached hydrogen (secondary N) is 1. The lowest BCUT2D eigenvalue weighted by Crippen LogP contribution is -2.33. The van der Waals surface area contributed by atoms with Crippen molar-refractivity contribution in [3.63, 3.8) is 0 Å². The van der Waals surface area contributed by atoms with E-state index in [9.17, 15) is 14.4 Å². The zero-order valence-electron chi connectivity index (χ0n) is 19.6. The largest absolute Gasteiger partial charge is 0.485 e. The van der Waals surface area contributed by atoms with Crippen molar-refractivity contribution < 1.29 is 33.3 Å². The topological polar surface area (TPSA) is 113 Å². The van der Waals surface area contributed by atoms with E-state index in [1.54, 1.807) is 13.8 Å². The molecule has 0 aliphatic carbocycles. The fraction of sp³-hybridized carbons (Fsp3) is 0.652. The average Bonchev–Trinajstić information content (AvgIpc) is 2.76. The van der Waals surface area contributed by atoms with Gasteiger partial charge in [-0.1, -0.05) is 46.0 Å². The van der Waals surface area contributed by atoms with E-state index in [0.29, 0.717) is 13.0 Å². The summed E-state index contributed by atoms with van der Waals surface area (Å²) in [6.07, 6.45) is 7.36. The van der Waals surface area contributed by atoms with Crippen LogP contribution in [0.1, 0.15) is 83.0 Å². The van der Waals surface area contributed by atoms with Crippen molar-refractivity contribution in [2.24, 2.45) is 0 Å². The normalized spacial score (nSPS) is 10.5. The van der Waals surface area contributed by atoms with E-state index < -0.39 is 18.0 Å². The highest BCUT2D eigenvalue weighted by Crippen LogP contribution is 2.27. The van der Waals surface area contributed by atoms with Gasteiger partial charge in [-0.3, -0.25) is 4.79 Å². The summed E-state index contributed by atoms with van der Waals surface area (Å²) in [6, 6.07) is 1.43. The molecule has 0 spiro atoms. The molecule has 0 fully saturated rings. The molecule has 0 atom stereocenters. The zero-order chi connectivity index (χ0) is 23.8. The van der Waals surface area contributed by atoms with Gasteiger partial charge < -0.3 is 24.3 Å². The molecule has 0 bridgehead atoms. The molecule has 0 aromatic carbocycles. The number of ether oxygens (including phenoxy) is 4. The van der Waals surface area contributed by atoms with Crippen molar-refractivity contribution in [2.75, 3.05) is 19.8 Å². The van der Waals surface area contributed by atoms with Crippen molar-refractivity contribution in [2.45, 2.75) is 78.7 Å². The van der Waals surface area contributed by atoms with E-state index in [1.807, 2.05) is 6.92 Å². The minimum Gasteiger partial charge on any atom is -0.485 e. The van der Waals surface area contributed by atoms with Crippen LogP contribution in [0.2, 0.25) is 0 Å². The number of nitrogens with zero attached hydrogens (tertiary/aromatic N) is 1. The van der Waals surface area contributed by atoms with Gasteiger partial charge in [0.1, 0.15) is 6.54 Å². The van der Waals surface area contributed by atoms with E-state index >= 15 is 0 Å². The number of rotatable bonds is 15. The van der Waals surface area contributed by atoms with E-state index in [1.165, 1.54) is 31.5 Å². The van der Waals surface area contributed by atoms with Gasteiger partial charge in [-0.2, -0.15) is 0 Å². The SMILES string of the molecule is CCCCCCCCOC(=O)c1cnc(OC(=O)NCC(=O)OCCC)c(OC(C)C)c1. The molecule has 0 saturated heterocycles. The third-order valence-corrected chi connectivity index (χ3v) is 4.18. The molecule has 1 N–H and O–H groups in total. The number of carbonyl (C=O) groups is 3. The fourth-order valence-corrected chi connectivity index (χ4v) is 2.62. The Morgan fingerprint density at radius 3 is 2.38 bits per heavy atom. The first-order chi connectivity index (χ1) is 15.4. The summed E-state index contributed by atoms with van der Waals surface area (Å²) in [4.78, 5) is 39.8. The molecule has 9 heteroatoms. The van der Waals surface area contributed by atoms with Crippen LogP contribution < -0.4 is 14.8 Å². The first-order valence-electron chi connectivity index (χ1n) is 11.3. The van der Waals surface area contributed by atoms with Crippen LogP contribution in [0.3, 0.4) is 0 Å². The van der Waals surface area contributed by atoms with E-state index in [4.69, 9.17) is 18.9 Å². The number of unbranched alkanes of at least 4 members (excludes halogenated alkanes) is 5. The molecule has 1 heterocycles. The van der Waals surface area contributed by atoms with Crippen LogP contribution >= 0.6 is 0 Å². The van der Waals surface area contributed by atoms with E-state index in [0.717, 1.165) is 19.3 Å². The first kappa shape index (κ1) is 27.2. The summed E-state index contributed by atoms with van der Waals surface area (Å²) >= 11 is 0. The summed E-state index contributed by atoms with van der Waals surface area (Å²) in [6.45, 7) is 7.89. The van der Waals surface area contributed by atoms with Gasteiger partial charge in [0.05, 0.1) is 24.9 Å². The fourth-order valence-electron chi connectivity index (χ4n) is 2.62. The van der Waals surface area contributed by atoms with E-state index in [-0.39, 0.29) is 36.4 Å². The Balaban J connectivity index is 2.63. The molecule has 32 heavy (non-hydrogen) atoms. The van der Waals surface area contributed by atoms with Crippen LogP contribution in [0.25, 0.3) is 0 Å². The van der Waals surface area contributed by atoms with Crippen molar-refractivity contribution in [3.05, 3.63) is 17.8 Å². The van der Waals surface area contributed by atoms with Crippen molar-refractivity contribution in [3.8, 4) is 11.6 Å². The minimum atomic E-state index is -0.891. The average molecular weight is 453 g/mol. The molecule has 1 aromatic rings. The van der Waals surface area contributed by atoms with Crippen molar-refractivity contribution in [1.82, 2.24) is 10.3 Å². The second-order valence-corrected chi connectivity index (χ2v) is 7.56. The summed E-state index contributed by atoms with van der Waals surface area (Å²) in [5.41, 5.74) is 0.197. The maximum atomic E-state index is 12.3. The third-order valence-electron chi connectivity index (χ3n) is 4.18. The lowest BCUT2D eigenvalue weighted by Gasteiger charge is -2.14. The van der Waals surface area contributed by atoms with Crippen LogP contribution in [-0.2, 0) is 14.3 Å². The van der Waals surface area contributed by atoms with Crippen LogP contribution in [-0.4, -0.2) is 48.9 Å². The Bertz CT molecular complexity index is 722. The van der Waals surface area contributed by atoms with Crippen LogP contribution in [0.4, 0.5) is 4.79 Å². The van der Waals surface area contributed by atoms with Gasteiger partial charge in [0.2, 0.25) is 0 Å². The van der Waals surface area contributed by atoms with Crippen molar-refractivity contribution >= 4 is 18.0 Å². The number of hydrogen-bond acceptors (Lipinski definition) is 8. The van der Waals surface area contributed by atoms with Gasteiger partial charge in [0.15, 0.2) is 5.75 Å². The lowest BCUT2D eigenvalue weighted by atomic mass is 10.1.